The van der Waals surface area contributed by atoms with E-state index in [1.807, 2.05) is 66.4 Å². The van der Waals surface area contributed by atoms with Crippen LogP contribution in [0, 0.1) is 0 Å². The van der Waals surface area contributed by atoms with Crippen LogP contribution in [0.3, 0.4) is 0 Å². The van der Waals surface area contributed by atoms with Crippen LogP contribution in [0.15, 0.2) is 181 Å². The van der Waals surface area contributed by atoms with E-state index in [4.69, 9.17) is 16.5 Å². The van der Waals surface area contributed by atoms with Crippen LogP contribution >= 0.6 is 11.8 Å². The summed E-state index contributed by atoms with van der Waals surface area (Å²) in [5, 5.41) is 6.65. The van der Waals surface area contributed by atoms with Gasteiger partial charge in [0.2, 0.25) is 0 Å². The maximum atomic E-state index is 6.49. The largest absolute Gasteiger partial charge is 0.383 e. The molecule has 1 aliphatic carbocycles. The van der Waals surface area contributed by atoms with Crippen LogP contribution in [-0.2, 0) is 6.54 Å². The molecule has 5 nitrogen and oxygen atoms in total. The molecular formula is C47H43N5S. The molecule has 262 valence electrons. The van der Waals surface area contributed by atoms with E-state index in [-0.39, 0.29) is 22.7 Å². The van der Waals surface area contributed by atoms with Crippen LogP contribution in [0.1, 0.15) is 40.6 Å². The standard InChI is InChI=1S/C47H43N5S/c1-32(53-44-25-11-9-23-42(44)48)39-21-13-22-41-40-20-8-10-24-43(40)52(45(39)41)38-28-26-34(27-29-38)37-19-12-14-33(30-37)31-50-47(36-17-6-3-7-18-36)51-46(49)35-15-4-2-5-16-35/h2-30,32,42,44,47,50H,31,48H2,1H3,(H2,49,51). The van der Waals surface area contributed by atoms with Crippen molar-refractivity contribution in [3.8, 4) is 16.8 Å². The van der Waals surface area contributed by atoms with Gasteiger partial charge < -0.3 is 16.0 Å². The smallest absolute Gasteiger partial charge is 0.128 e. The SMILES string of the molecule is CC(SC1C=CC=CC1N)c1cccc2c3ccccc3n(-c3ccc(-c4cccc(CNC(N=C(N)c5ccccc5)c5ccccc5)c4)cc3)c12. The Bertz CT molecular complexity index is 2430. The lowest BCUT2D eigenvalue weighted by atomic mass is 10.0. The minimum atomic E-state index is -0.288. The van der Waals surface area contributed by atoms with E-state index in [2.05, 4.69) is 138 Å². The number of aromatic nitrogens is 1. The van der Waals surface area contributed by atoms with Gasteiger partial charge in [0.25, 0.3) is 0 Å². The second-order valence-corrected chi connectivity index (χ2v) is 15.0. The second-order valence-electron chi connectivity index (χ2n) is 13.5. The summed E-state index contributed by atoms with van der Waals surface area (Å²) in [4.78, 5) is 4.91. The lowest BCUT2D eigenvalue weighted by Crippen LogP contribution is -2.30. The topological polar surface area (TPSA) is 81.4 Å². The van der Waals surface area contributed by atoms with E-state index >= 15 is 0 Å². The summed E-state index contributed by atoms with van der Waals surface area (Å²) < 4.78 is 2.43. The van der Waals surface area contributed by atoms with Crippen molar-refractivity contribution in [3.05, 3.63) is 198 Å². The Morgan fingerprint density at radius 2 is 1.43 bits per heavy atom. The number of nitrogens with zero attached hydrogens (tertiary/aromatic N) is 2. The molecule has 0 radical (unpaired) electrons. The highest BCUT2D eigenvalue weighted by Crippen LogP contribution is 2.42. The zero-order valence-corrected chi connectivity index (χ0v) is 30.5. The summed E-state index contributed by atoms with van der Waals surface area (Å²) in [6, 6.07) is 53.3. The molecule has 1 aromatic heterocycles. The molecule has 0 saturated heterocycles. The van der Waals surface area contributed by atoms with Crippen molar-refractivity contribution in [2.45, 2.75) is 36.2 Å². The summed E-state index contributed by atoms with van der Waals surface area (Å²) in [7, 11) is 0. The third-order valence-electron chi connectivity index (χ3n) is 9.99. The van der Waals surface area contributed by atoms with Crippen molar-refractivity contribution in [3.63, 3.8) is 0 Å². The Kier molecular flexibility index (Phi) is 10.1. The molecule has 0 aliphatic heterocycles. The first-order chi connectivity index (χ1) is 26.0. The first-order valence-electron chi connectivity index (χ1n) is 18.2. The van der Waals surface area contributed by atoms with Crippen LogP contribution < -0.4 is 16.8 Å². The molecule has 1 heterocycles. The quantitative estimate of drug-likeness (QED) is 0.0923. The number of rotatable bonds is 11. The number of fused-ring (bicyclic) bond motifs is 3. The zero-order valence-electron chi connectivity index (χ0n) is 29.7. The number of nitrogens with one attached hydrogen (secondary N) is 1. The van der Waals surface area contributed by atoms with Gasteiger partial charge in [-0.05, 0) is 59.0 Å². The Morgan fingerprint density at radius 1 is 0.736 bits per heavy atom. The molecule has 5 N–H and O–H groups in total. The Balaban J connectivity index is 1.08. The van der Waals surface area contributed by atoms with Crippen LogP contribution in [0.4, 0.5) is 0 Å². The number of allylic oxidation sites excluding steroid dienone is 2. The summed E-state index contributed by atoms with van der Waals surface area (Å²) >= 11 is 1.92. The monoisotopic (exact) mass is 709 g/mol. The number of amidine groups is 1. The molecule has 4 atom stereocenters. The van der Waals surface area contributed by atoms with E-state index in [1.165, 1.54) is 38.5 Å². The number of hydrogen-bond acceptors (Lipinski definition) is 4. The van der Waals surface area contributed by atoms with Gasteiger partial charge >= 0.3 is 0 Å². The fourth-order valence-corrected chi connectivity index (χ4v) is 8.53. The third kappa shape index (κ3) is 7.35. The lowest BCUT2D eigenvalue weighted by Gasteiger charge is -2.24. The molecule has 0 amide bonds. The fourth-order valence-electron chi connectivity index (χ4n) is 7.26. The summed E-state index contributed by atoms with van der Waals surface area (Å²) in [6.07, 6.45) is 8.18. The fraction of sp³-hybridized carbons (Fsp3) is 0.128. The average Bonchev–Trinajstić information content (AvgIpc) is 3.55. The number of benzene rings is 6. The van der Waals surface area contributed by atoms with E-state index < -0.39 is 0 Å². The van der Waals surface area contributed by atoms with Crippen LogP contribution in [0.2, 0.25) is 0 Å². The third-order valence-corrected chi connectivity index (χ3v) is 11.4. The van der Waals surface area contributed by atoms with Crippen LogP contribution in [-0.4, -0.2) is 21.7 Å². The van der Waals surface area contributed by atoms with Crippen molar-refractivity contribution < 1.29 is 0 Å². The van der Waals surface area contributed by atoms with Crippen molar-refractivity contribution in [2.24, 2.45) is 16.5 Å². The summed E-state index contributed by atoms with van der Waals surface area (Å²) in [5.74, 6) is 0.507. The van der Waals surface area contributed by atoms with Gasteiger partial charge in [-0.25, -0.2) is 4.99 Å². The normalized spacial score (nSPS) is 17.0. The minimum Gasteiger partial charge on any atom is -0.383 e. The Morgan fingerprint density at radius 3 is 2.23 bits per heavy atom. The molecule has 6 aromatic carbocycles. The number of para-hydroxylation sites is 2. The Labute approximate surface area is 315 Å². The van der Waals surface area contributed by atoms with Crippen molar-refractivity contribution in [1.82, 2.24) is 9.88 Å². The van der Waals surface area contributed by atoms with Gasteiger partial charge in [0.15, 0.2) is 0 Å². The molecule has 4 unspecified atom stereocenters. The van der Waals surface area contributed by atoms with Crippen molar-refractivity contribution in [2.75, 3.05) is 0 Å². The first-order valence-corrected chi connectivity index (χ1v) is 19.1. The van der Waals surface area contributed by atoms with Gasteiger partial charge in [-0.2, -0.15) is 0 Å². The highest BCUT2D eigenvalue weighted by molar-refractivity contribution is 8.00. The lowest BCUT2D eigenvalue weighted by molar-refractivity contribution is 0.554. The van der Waals surface area contributed by atoms with Gasteiger partial charge in [0.05, 0.1) is 11.0 Å². The molecule has 1 aliphatic rings. The van der Waals surface area contributed by atoms with E-state index in [9.17, 15) is 0 Å². The van der Waals surface area contributed by atoms with E-state index in [0.717, 1.165) is 22.4 Å². The molecule has 8 rings (SSSR count). The molecule has 0 bridgehead atoms. The maximum Gasteiger partial charge on any atom is 0.128 e. The van der Waals surface area contributed by atoms with Gasteiger partial charge in [-0.15, -0.1) is 11.8 Å². The molecule has 6 heteroatoms. The van der Waals surface area contributed by atoms with Gasteiger partial charge in [0, 0.05) is 45.1 Å². The van der Waals surface area contributed by atoms with Crippen molar-refractivity contribution in [1.29, 1.82) is 0 Å². The van der Waals surface area contributed by atoms with Gasteiger partial charge in [0.1, 0.15) is 12.0 Å². The van der Waals surface area contributed by atoms with Gasteiger partial charge in [-0.1, -0.05) is 152 Å². The van der Waals surface area contributed by atoms with Crippen LogP contribution in [0.25, 0.3) is 38.6 Å². The summed E-state index contributed by atoms with van der Waals surface area (Å²) in [5.41, 5.74) is 23.3. The molecule has 0 fully saturated rings. The summed E-state index contributed by atoms with van der Waals surface area (Å²) in [6.45, 7) is 2.94. The number of nitrogens with two attached hydrogens (primary N) is 2. The van der Waals surface area contributed by atoms with E-state index in [1.54, 1.807) is 0 Å². The predicted molar refractivity (Wildman–Crippen MR) is 225 cm³/mol. The second kappa shape index (κ2) is 15.5. The maximum absolute atomic E-state index is 6.49. The highest BCUT2D eigenvalue weighted by atomic mass is 32.2. The first kappa shape index (κ1) is 34.4. The minimum absolute atomic E-state index is 0.0107. The van der Waals surface area contributed by atoms with Crippen LogP contribution in [0.5, 0.6) is 0 Å². The average molecular weight is 710 g/mol. The highest BCUT2D eigenvalue weighted by Gasteiger charge is 2.23. The molecule has 7 aromatic rings. The number of hydrogen-bond donors (Lipinski definition) is 3. The van der Waals surface area contributed by atoms with E-state index in [0.29, 0.717) is 12.4 Å². The number of thioether (sulfide) groups is 1. The predicted octanol–water partition coefficient (Wildman–Crippen LogP) is 10.3. The molecule has 0 saturated carbocycles. The van der Waals surface area contributed by atoms with Gasteiger partial charge in [-0.3, -0.25) is 5.32 Å². The molecule has 53 heavy (non-hydrogen) atoms. The zero-order chi connectivity index (χ0) is 36.1. The van der Waals surface area contributed by atoms with Crippen molar-refractivity contribution >= 4 is 39.4 Å². The Hall–Kier alpha value is -5.66. The molecular weight excluding hydrogens is 667 g/mol. The number of aliphatic imine (C=N–C) groups is 1. The molecule has 0 spiro atoms.